The van der Waals surface area contributed by atoms with Crippen LogP contribution in [0.3, 0.4) is 0 Å². The quantitative estimate of drug-likeness (QED) is 0.751. The molecule has 0 spiro atoms. The lowest BCUT2D eigenvalue weighted by Crippen LogP contribution is -1.96. The molecule has 102 valence electrons. The first-order valence-electron chi connectivity index (χ1n) is 6.60. The van der Waals surface area contributed by atoms with Gasteiger partial charge in [0.15, 0.2) is 5.78 Å². The van der Waals surface area contributed by atoms with Crippen molar-refractivity contribution in [3.63, 3.8) is 0 Å². The van der Waals surface area contributed by atoms with E-state index in [1.165, 1.54) is 0 Å². The third-order valence-electron chi connectivity index (χ3n) is 3.23. The first-order valence-corrected chi connectivity index (χ1v) is 6.60. The number of hydrogen-bond acceptors (Lipinski definition) is 2. The maximum absolute atomic E-state index is 12.0. The molecule has 0 aliphatic rings. The van der Waals surface area contributed by atoms with Crippen molar-refractivity contribution in [3.8, 4) is 5.75 Å². The molecule has 0 N–H and O–H groups in total. The molecule has 0 heterocycles. The van der Waals surface area contributed by atoms with E-state index < -0.39 is 0 Å². The number of rotatable bonds is 5. The lowest BCUT2D eigenvalue weighted by molar-refractivity contribution is 0.0996. The number of ether oxygens (including phenoxy) is 1. The second-order valence-corrected chi connectivity index (χ2v) is 4.61. The lowest BCUT2D eigenvalue weighted by atomic mass is 10.0. The van der Waals surface area contributed by atoms with Gasteiger partial charge < -0.3 is 4.74 Å². The number of methoxy groups -OCH3 is 1. The average molecular weight is 266 g/mol. The minimum absolute atomic E-state index is 0.137. The lowest BCUT2D eigenvalue weighted by Gasteiger charge is -2.04. The van der Waals surface area contributed by atoms with Crippen LogP contribution in [0.25, 0.3) is 5.57 Å². The molecule has 0 unspecified atom stereocenters. The van der Waals surface area contributed by atoms with Crippen LogP contribution in [0, 0.1) is 0 Å². The van der Waals surface area contributed by atoms with Gasteiger partial charge in [-0.3, -0.25) is 4.79 Å². The number of hydrogen-bond donors (Lipinski definition) is 0. The number of carbonyl (C=O) groups excluding carboxylic acids is 1. The highest BCUT2D eigenvalue weighted by Gasteiger charge is 2.03. The van der Waals surface area contributed by atoms with Gasteiger partial charge in [-0.1, -0.05) is 48.5 Å². The predicted molar refractivity (Wildman–Crippen MR) is 82.0 cm³/mol. The summed E-state index contributed by atoms with van der Waals surface area (Å²) in [6.07, 6.45) is 2.39. The van der Waals surface area contributed by atoms with Crippen LogP contribution in [0.1, 0.15) is 29.3 Å². The monoisotopic (exact) mass is 266 g/mol. The number of ketones is 1. The van der Waals surface area contributed by atoms with E-state index in [4.69, 9.17) is 4.74 Å². The largest absolute Gasteiger partial charge is 0.497 e. The molecular formula is C18H18O2. The highest BCUT2D eigenvalue weighted by Crippen LogP contribution is 2.19. The van der Waals surface area contributed by atoms with E-state index in [-0.39, 0.29) is 5.78 Å². The summed E-state index contributed by atoms with van der Waals surface area (Å²) in [5, 5.41) is 0. The Balaban J connectivity index is 2.05. The first-order chi connectivity index (χ1) is 9.70. The van der Waals surface area contributed by atoms with Gasteiger partial charge in [-0.15, -0.1) is 0 Å². The zero-order valence-electron chi connectivity index (χ0n) is 11.8. The zero-order valence-corrected chi connectivity index (χ0v) is 11.8. The average Bonchev–Trinajstić information content (AvgIpc) is 2.53. The van der Waals surface area contributed by atoms with Gasteiger partial charge in [-0.25, -0.2) is 0 Å². The second kappa shape index (κ2) is 6.71. The molecule has 2 nitrogen and oxygen atoms in total. The van der Waals surface area contributed by atoms with Crippen LogP contribution in [0.5, 0.6) is 5.75 Å². The van der Waals surface area contributed by atoms with Crippen molar-refractivity contribution in [2.45, 2.75) is 13.3 Å². The smallest absolute Gasteiger partial charge is 0.166 e. The van der Waals surface area contributed by atoms with Crippen molar-refractivity contribution in [1.82, 2.24) is 0 Å². The third-order valence-corrected chi connectivity index (χ3v) is 3.23. The maximum Gasteiger partial charge on any atom is 0.166 e. The molecule has 0 radical (unpaired) electrons. The van der Waals surface area contributed by atoms with Crippen LogP contribution in [0.2, 0.25) is 0 Å². The van der Waals surface area contributed by atoms with Crippen LogP contribution in [0.15, 0.2) is 60.7 Å². The molecule has 0 bridgehead atoms. The maximum atomic E-state index is 12.0. The van der Waals surface area contributed by atoms with Crippen LogP contribution in [-0.2, 0) is 0 Å². The Morgan fingerprint density at radius 2 is 1.65 bits per heavy atom. The number of Topliss-reactive ketones (excluding diaryl/α,β-unsaturated/α-hetero) is 1. The minimum Gasteiger partial charge on any atom is -0.497 e. The topological polar surface area (TPSA) is 26.3 Å². The highest BCUT2D eigenvalue weighted by molar-refractivity contribution is 5.97. The molecule has 2 aromatic carbocycles. The van der Waals surface area contributed by atoms with Gasteiger partial charge in [-0.05, 0) is 30.2 Å². The van der Waals surface area contributed by atoms with Crippen molar-refractivity contribution in [2.24, 2.45) is 0 Å². The predicted octanol–water partition coefficient (Wildman–Crippen LogP) is 4.37. The fourth-order valence-corrected chi connectivity index (χ4v) is 1.96. The van der Waals surface area contributed by atoms with E-state index in [0.717, 1.165) is 22.4 Å². The summed E-state index contributed by atoms with van der Waals surface area (Å²) in [6, 6.07) is 17.2. The normalized spacial score (nSPS) is 11.2. The molecular weight excluding hydrogens is 248 g/mol. The Labute approximate surface area is 119 Å². The molecule has 0 saturated heterocycles. The van der Waals surface area contributed by atoms with Crippen molar-refractivity contribution in [3.05, 3.63) is 71.8 Å². The summed E-state index contributed by atoms with van der Waals surface area (Å²) in [5.74, 6) is 0.973. The van der Waals surface area contributed by atoms with E-state index in [9.17, 15) is 4.79 Å². The van der Waals surface area contributed by atoms with Crippen molar-refractivity contribution in [2.75, 3.05) is 7.11 Å². The third kappa shape index (κ3) is 3.58. The van der Waals surface area contributed by atoms with E-state index in [2.05, 4.69) is 0 Å². The molecule has 0 aliphatic carbocycles. The van der Waals surface area contributed by atoms with E-state index in [0.29, 0.717) is 6.42 Å². The molecule has 2 rings (SSSR count). The Hall–Kier alpha value is -2.35. The van der Waals surface area contributed by atoms with Gasteiger partial charge in [0.05, 0.1) is 7.11 Å². The van der Waals surface area contributed by atoms with Gasteiger partial charge in [0.1, 0.15) is 5.75 Å². The van der Waals surface area contributed by atoms with Gasteiger partial charge in [0.25, 0.3) is 0 Å². The fraction of sp³-hybridized carbons (Fsp3) is 0.167. The molecule has 0 fully saturated rings. The van der Waals surface area contributed by atoms with E-state index >= 15 is 0 Å². The summed E-state index contributed by atoms with van der Waals surface area (Å²) in [4.78, 5) is 12.0. The molecule has 0 aromatic heterocycles. The molecule has 20 heavy (non-hydrogen) atoms. The van der Waals surface area contributed by atoms with Gasteiger partial charge in [0, 0.05) is 12.0 Å². The number of allylic oxidation sites excluding steroid dienone is 2. The van der Waals surface area contributed by atoms with Crippen LogP contribution < -0.4 is 4.74 Å². The minimum atomic E-state index is 0.137. The number of carbonyl (C=O) groups is 1. The highest BCUT2D eigenvalue weighted by atomic mass is 16.5. The van der Waals surface area contributed by atoms with Crippen LogP contribution in [-0.4, -0.2) is 12.9 Å². The van der Waals surface area contributed by atoms with Crippen molar-refractivity contribution >= 4 is 11.4 Å². The molecule has 2 heteroatoms. The summed E-state index contributed by atoms with van der Waals surface area (Å²) < 4.78 is 5.13. The summed E-state index contributed by atoms with van der Waals surface area (Å²) in [7, 11) is 1.65. The molecule has 0 atom stereocenters. The molecule has 2 aromatic rings. The summed E-state index contributed by atoms with van der Waals surface area (Å²) in [6.45, 7) is 2.01. The van der Waals surface area contributed by atoms with Crippen molar-refractivity contribution < 1.29 is 9.53 Å². The summed E-state index contributed by atoms with van der Waals surface area (Å²) >= 11 is 0. The summed E-state index contributed by atoms with van der Waals surface area (Å²) in [5.41, 5.74) is 2.95. The Morgan fingerprint density at radius 1 is 1.00 bits per heavy atom. The molecule has 0 amide bonds. The molecule has 0 aliphatic heterocycles. The zero-order chi connectivity index (χ0) is 14.4. The van der Waals surface area contributed by atoms with Gasteiger partial charge >= 0.3 is 0 Å². The van der Waals surface area contributed by atoms with Crippen LogP contribution >= 0.6 is 0 Å². The Morgan fingerprint density at radius 3 is 2.25 bits per heavy atom. The van der Waals surface area contributed by atoms with Crippen molar-refractivity contribution in [1.29, 1.82) is 0 Å². The van der Waals surface area contributed by atoms with Crippen LogP contribution in [0.4, 0.5) is 0 Å². The Bertz CT molecular complexity index is 595. The van der Waals surface area contributed by atoms with Gasteiger partial charge in [-0.2, -0.15) is 0 Å². The van der Waals surface area contributed by atoms with E-state index in [1.807, 2.05) is 67.6 Å². The van der Waals surface area contributed by atoms with E-state index in [1.54, 1.807) is 7.11 Å². The second-order valence-electron chi connectivity index (χ2n) is 4.61. The Kier molecular flexibility index (Phi) is 4.72. The number of benzene rings is 2. The van der Waals surface area contributed by atoms with Gasteiger partial charge in [0.2, 0.25) is 0 Å². The molecule has 0 saturated carbocycles. The SMILES string of the molecule is COc1ccc(/C(C)=C/CC(=O)c2ccccc2)cc1. The fourth-order valence-electron chi connectivity index (χ4n) is 1.96. The first kappa shape index (κ1) is 14.1. The standard InChI is InChI=1S/C18H18O2/c1-14(15-9-11-17(20-2)12-10-15)8-13-18(19)16-6-4-3-5-7-16/h3-12H,13H2,1-2H3/b14-8+.